The molecule has 0 bridgehead atoms. The zero-order chi connectivity index (χ0) is 13.2. The smallest absolute Gasteiger partial charge is 0.224 e. The number of carbonyl (C=O) groups is 1. The molecule has 2 atom stereocenters. The van der Waals surface area contributed by atoms with Crippen LogP contribution in [0.2, 0.25) is 0 Å². The zero-order valence-electron chi connectivity index (χ0n) is 12.0. The third-order valence-electron chi connectivity index (χ3n) is 4.77. The van der Waals surface area contributed by atoms with Crippen molar-refractivity contribution in [3.63, 3.8) is 0 Å². The van der Waals surface area contributed by atoms with Crippen LogP contribution in [0.5, 0.6) is 0 Å². The van der Waals surface area contributed by atoms with Crippen molar-refractivity contribution in [2.24, 2.45) is 11.8 Å². The summed E-state index contributed by atoms with van der Waals surface area (Å²) in [4.78, 5) is 14.5. The summed E-state index contributed by atoms with van der Waals surface area (Å²) in [5.41, 5.74) is 0.226. The van der Waals surface area contributed by atoms with Gasteiger partial charge in [-0.05, 0) is 52.2 Å². The van der Waals surface area contributed by atoms with Crippen molar-refractivity contribution in [3.8, 4) is 0 Å². The van der Waals surface area contributed by atoms with Crippen LogP contribution in [0, 0.1) is 11.8 Å². The molecule has 2 N–H and O–H groups in total. The van der Waals surface area contributed by atoms with Crippen LogP contribution in [0.3, 0.4) is 0 Å². The summed E-state index contributed by atoms with van der Waals surface area (Å²) in [6.07, 6.45) is 4.73. The second kappa shape index (κ2) is 5.57. The second-order valence-electron chi connectivity index (χ2n) is 6.39. The average molecular weight is 253 g/mol. The molecule has 0 radical (unpaired) electrons. The average Bonchev–Trinajstić information content (AvgIpc) is 2.26. The first-order valence-corrected chi connectivity index (χ1v) is 7.19. The van der Waals surface area contributed by atoms with Crippen LogP contribution < -0.4 is 10.6 Å². The fourth-order valence-electron chi connectivity index (χ4n) is 3.12. The van der Waals surface area contributed by atoms with Gasteiger partial charge in [0.1, 0.15) is 0 Å². The molecule has 104 valence electrons. The molecular formula is C14H27N3O. The standard InChI is InChI=1S/C14H27N3O/c1-11-7-12(9-15-8-11)13(18)16-10-14(17(2)3)5-4-6-14/h11-12,15H,4-10H2,1-3H3,(H,16,18). The van der Waals surface area contributed by atoms with Gasteiger partial charge in [0.05, 0.1) is 5.92 Å². The van der Waals surface area contributed by atoms with Crippen molar-refractivity contribution in [1.82, 2.24) is 15.5 Å². The Kier molecular flexibility index (Phi) is 4.28. The summed E-state index contributed by atoms with van der Waals surface area (Å²) in [5, 5.41) is 6.52. The van der Waals surface area contributed by atoms with Crippen molar-refractivity contribution in [2.75, 3.05) is 33.7 Å². The molecule has 2 aliphatic rings. The van der Waals surface area contributed by atoms with Gasteiger partial charge in [0, 0.05) is 18.6 Å². The SMILES string of the molecule is CC1CNCC(C(=O)NCC2(N(C)C)CCC2)C1. The normalized spacial score (nSPS) is 30.9. The topological polar surface area (TPSA) is 44.4 Å². The van der Waals surface area contributed by atoms with E-state index in [0.717, 1.165) is 26.1 Å². The van der Waals surface area contributed by atoms with Gasteiger partial charge in [-0.15, -0.1) is 0 Å². The molecule has 0 aromatic heterocycles. The van der Waals surface area contributed by atoms with Crippen LogP contribution in [-0.4, -0.2) is 50.1 Å². The number of hydrogen-bond acceptors (Lipinski definition) is 3. The molecule has 1 saturated carbocycles. The first-order chi connectivity index (χ1) is 8.53. The van der Waals surface area contributed by atoms with Crippen LogP contribution >= 0.6 is 0 Å². The Hall–Kier alpha value is -0.610. The number of hydrogen-bond donors (Lipinski definition) is 2. The first kappa shape index (κ1) is 13.8. The van der Waals surface area contributed by atoms with Gasteiger partial charge < -0.3 is 15.5 Å². The van der Waals surface area contributed by atoms with E-state index < -0.39 is 0 Å². The number of nitrogens with zero attached hydrogens (tertiary/aromatic N) is 1. The van der Waals surface area contributed by atoms with E-state index in [0.29, 0.717) is 5.92 Å². The number of rotatable bonds is 4. The zero-order valence-corrected chi connectivity index (χ0v) is 12.0. The van der Waals surface area contributed by atoms with Gasteiger partial charge in [-0.25, -0.2) is 0 Å². The maximum absolute atomic E-state index is 12.2. The van der Waals surface area contributed by atoms with E-state index in [1.165, 1.54) is 19.3 Å². The van der Waals surface area contributed by atoms with Gasteiger partial charge in [-0.3, -0.25) is 4.79 Å². The number of likely N-dealkylation sites (N-methyl/N-ethyl adjacent to an activating group) is 1. The van der Waals surface area contributed by atoms with Gasteiger partial charge in [0.2, 0.25) is 5.91 Å². The summed E-state index contributed by atoms with van der Waals surface area (Å²) in [6, 6.07) is 0. The van der Waals surface area contributed by atoms with Gasteiger partial charge >= 0.3 is 0 Å². The molecule has 2 rings (SSSR count). The lowest BCUT2D eigenvalue weighted by atomic mass is 9.75. The maximum atomic E-state index is 12.2. The lowest BCUT2D eigenvalue weighted by Gasteiger charge is -2.47. The summed E-state index contributed by atoms with van der Waals surface area (Å²) < 4.78 is 0. The minimum absolute atomic E-state index is 0.160. The van der Waals surface area contributed by atoms with Crippen molar-refractivity contribution in [2.45, 2.75) is 38.1 Å². The highest BCUT2D eigenvalue weighted by Crippen LogP contribution is 2.35. The van der Waals surface area contributed by atoms with E-state index in [1.54, 1.807) is 0 Å². The quantitative estimate of drug-likeness (QED) is 0.780. The van der Waals surface area contributed by atoms with Crippen LogP contribution in [0.1, 0.15) is 32.6 Å². The van der Waals surface area contributed by atoms with Crippen LogP contribution in [0.25, 0.3) is 0 Å². The van der Waals surface area contributed by atoms with Gasteiger partial charge in [0.25, 0.3) is 0 Å². The molecule has 4 heteroatoms. The largest absolute Gasteiger partial charge is 0.354 e. The molecule has 1 heterocycles. The molecule has 18 heavy (non-hydrogen) atoms. The van der Waals surface area contributed by atoms with Crippen molar-refractivity contribution >= 4 is 5.91 Å². The molecule has 1 saturated heterocycles. The molecule has 0 spiro atoms. The molecule has 0 aromatic carbocycles. The Bertz CT molecular complexity index is 299. The van der Waals surface area contributed by atoms with E-state index in [2.05, 4.69) is 36.6 Å². The number of piperidine rings is 1. The van der Waals surface area contributed by atoms with Crippen LogP contribution in [0.15, 0.2) is 0 Å². The van der Waals surface area contributed by atoms with E-state index in [9.17, 15) is 4.79 Å². The van der Waals surface area contributed by atoms with E-state index >= 15 is 0 Å². The molecule has 2 unspecified atom stereocenters. The third-order valence-corrected chi connectivity index (χ3v) is 4.77. The Morgan fingerprint density at radius 2 is 2.11 bits per heavy atom. The monoisotopic (exact) mass is 253 g/mol. The summed E-state index contributed by atoms with van der Waals surface area (Å²) >= 11 is 0. The fraction of sp³-hybridized carbons (Fsp3) is 0.929. The van der Waals surface area contributed by atoms with Gasteiger partial charge in [0.15, 0.2) is 0 Å². The summed E-state index contributed by atoms with van der Waals surface area (Å²) in [6.45, 7) is 4.90. The molecule has 2 fully saturated rings. The molecule has 0 aromatic rings. The predicted molar refractivity (Wildman–Crippen MR) is 73.4 cm³/mol. The van der Waals surface area contributed by atoms with E-state index in [-0.39, 0.29) is 17.4 Å². The Balaban J connectivity index is 1.80. The van der Waals surface area contributed by atoms with Crippen LogP contribution in [-0.2, 0) is 4.79 Å². The molecule has 1 aliphatic heterocycles. The highest BCUT2D eigenvalue weighted by molar-refractivity contribution is 5.79. The minimum Gasteiger partial charge on any atom is -0.354 e. The fourth-order valence-corrected chi connectivity index (χ4v) is 3.12. The lowest BCUT2D eigenvalue weighted by molar-refractivity contribution is -0.126. The van der Waals surface area contributed by atoms with Gasteiger partial charge in [-0.2, -0.15) is 0 Å². The van der Waals surface area contributed by atoms with Crippen LogP contribution in [0.4, 0.5) is 0 Å². The minimum atomic E-state index is 0.160. The Morgan fingerprint density at radius 3 is 2.61 bits per heavy atom. The molecule has 1 aliphatic carbocycles. The highest BCUT2D eigenvalue weighted by Gasteiger charge is 2.39. The van der Waals surface area contributed by atoms with Crippen molar-refractivity contribution in [1.29, 1.82) is 0 Å². The Morgan fingerprint density at radius 1 is 1.39 bits per heavy atom. The number of amides is 1. The summed E-state index contributed by atoms with van der Waals surface area (Å²) in [7, 11) is 4.24. The molecule has 4 nitrogen and oxygen atoms in total. The van der Waals surface area contributed by atoms with E-state index in [1.807, 2.05) is 0 Å². The Labute approximate surface area is 110 Å². The van der Waals surface area contributed by atoms with Crippen molar-refractivity contribution in [3.05, 3.63) is 0 Å². The number of carbonyl (C=O) groups excluding carboxylic acids is 1. The summed E-state index contributed by atoms with van der Waals surface area (Å²) in [5.74, 6) is 1.01. The van der Waals surface area contributed by atoms with E-state index in [4.69, 9.17) is 0 Å². The maximum Gasteiger partial charge on any atom is 0.224 e. The second-order valence-corrected chi connectivity index (χ2v) is 6.39. The first-order valence-electron chi connectivity index (χ1n) is 7.19. The van der Waals surface area contributed by atoms with Crippen molar-refractivity contribution < 1.29 is 4.79 Å². The van der Waals surface area contributed by atoms with Gasteiger partial charge in [-0.1, -0.05) is 6.92 Å². The third kappa shape index (κ3) is 2.86. The highest BCUT2D eigenvalue weighted by atomic mass is 16.1. The number of nitrogens with one attached hydrogen (secondary N) is 2. The predicted octanol–water partition coefficient (Wildman–Crippen LogP) is 0.833. The molecular weight excluding hydrogens is 226 g/mol. The lowest BCUT2D eigenvalue weighted by Crippen LogP contribution is -2.58. The molecule has 1 amide bonds.